The molecule has 1 aromatic heterocycles. The van der Waals surface area contributed by atoms with Crippen molar-refractivity contribution in [2.75, 3.05) is 0 Å². The van der Waals surface area contributed by atoms with Crippen molar-refractivity contribution < 1.29 is 5.11 Å². The number of rotatable bonds is 2. The number of aliphatic hydroxyl groups excluding tert-OH is 1. The van der Waals surface area contributed by atoms with Gasteiger partial charge in [0.2, 0.25) is 0 Å². The lowest BCUT2D eigenvalue weighted by molar-refractivity contribution is 0.218. The molecule has 2 nitrogen and oxygen atoms in total. The van der Waals surface area contributed by atoms with Crippen LogP contribution < -0.4 is 0 Å². The van der Waals surface area contributed by atoms with Crippen molar-refractivity contribution in [1.82, 2.24) is 4.98 Å². The summed E-state index contributed by atoms with van der Waals surface area (Å²) in [6.07, 6.45) is 5.01. The Labute approximate surface area is 118 Å². The number of hydrogen-bond donors (Lipinski definition) is 1. The van der Waals surface area contributed by atoms with E-state index in [1.54, 1.807) is 24.4 Å². The molecule has 0 radical (unpaired) electrons. The summed E-state index contributed by atoms with van der Waals surface area (Å²) in [5.74, 6) is 0. The van der Waals surface area contributed by atoms with Crippen molar-refractivity contribution in [3.63, 3.8) is 0 Å². The lowest BCUT2D eigenvalue weighted by Crippen LogP contribution is -2.08. The Bertz CT molecular complexity index is 470. The van der Waals surface area contributed by atoms with Crippen molar-refractivity contribution in [3.8, 4) is 0 Å². The van der Waals surface area contributed by atoms with Gasteiger partial charge in [-0.15, -0.1) is 11.6 Å². The summed E-state index contributed by atoms with van der Waals surface area (Å²) in [5.41, 5.74) is 1.40. The third kappa shape index (κ3) is 3.10. The minimum atomic E-state index is -0.761. The summed E-state index contributed by atoms with van der Waals surface area (Å²) in [5, 5.41) is 10.7. The third-order valence-electron chi connectivity index (χ3n) is 2.53. The van der Waals surface area contributed by atoms with E-state index < -0.39 is 6.10 Å². The van der Waals surface area contributed by atoms with Crippen LogP contribution in [0.25, 0.3) is 0 Å². The SMILES string of the molecule is OC(C1=C(Cl)CC(Cl)C=C1)c1ccc(Br)nc1. The molecular weight excluding hydrogens is 325 g/mol. The van der Waals surface area contributed by atoms with Crippen LogP contribution in [0, 0.1) is 0 Å². The van der Waals surface area contributed by atoms with Crippen LogP contribution in [0.4, 0.5) is 0 Å². The second kappa shape index (κ2) is 5.53. The maximum atomic E-state index is 10.2. The van der Waals surface area contributed by atoms with Gasteiger partial charge in [-0.05, 0) is 27.6 Å². The zero-order valence-electron chi connectivity index (χ0n) is 8.78. The van der Waals surface area contributed by atoms with Crippen LogP contribution in [-0.2, 0) is 0 Å². The Balaban J connectivity index is 2.26. The van der Waals surface area contributed by atoms with E-state index in [0.29, 0.717) is 22.6 Å². The molecule has 1 aromatic rings. The lowest BCUT2D eigenvalue weighted by atomic mass is 9.97. The molecule has 0 amide bonds. The maximum Gasteiger partial charge on any atom is 0.107 e. The van der Waals surface area contributed by atoms with Crippen molar-refractivity contribution in [2.45, 2.75) is 17.9 Å². The quantitative estimate of drug-likeness (QED) is 0.656. The van der Waals surface area contributed by atoms with E-state index in [-0.39, 0.29) is 5.38 Å². The average molecular weight is 335 g/mol. The Hall–Kier alpha value is -0.350. The summed E-state index contributed by atoms with van der Waals surface area (Å²) in [7, 11) is 0. The van der Waals surface area contributed by atoms with Crippen LogP contribution in [-0.4, -0.2) is 15.5 Å². The summed E-state index contributed by atoms with van der Waals surface area (Å²) in [4.78, 5) is 4.08. The number of alkyl halides is 1. The number of allylic oxidation sites excluding steroid dienone is 2. The topological polar surface area (TPSA) is 33.1 Å². The van der Waals surface area contributed by atoms with Gasteiger partial charge in [-0.1, -0.05) is 29.8 Å². The first-order chi connectivity index (χ1) is 8.08. The molecule has 0 saturated carbocycles. The molecule has 1 aliphatic rings. The molecule has 1 N–H and O–H groups in total. The fourth-order valence-electron chi connectivity index (χ4n) is 1.62. The molecule has 90 valence electrons. The first-order valence-corrected chi connectivity index (χ1v) is 6.69. The van der Waals surface area contributed by atoms with Crippen LogP contribution in [0.5, 0.6) is 0 Å². The van der Waals surface area contributed by atoms with Gasteiger partial charge in [0, 0.05) is 23.2 Å². The van der Waals surface area contributed by atoms with Crippen LogP contribution in [0.1, 0.15) is 18.1 Å². The Morgan fingerprint density at radius 3 is 2.82 bits per heavy atom. The summed E-state index contributed by atoms with van der Waals surface area (Å²) in [6.45, 7) is 0. The highest BCUT2D eigenvalue weighted by Crippen LogP contribution is 2.33. The van der Waals surface area contributed by atoms with Gasteiger partial charge in [-0.25, -0.2) is 4.98 Å². The standard InChI is InChI=1S/C12H10BrCl2NO/c13-11-4-1-7(6-16-11)12(17)9-3-2-8(14)5-10(9)15/h1-4,6,8,12,17H,5H2. The Kier molecular flexibility index (Phi) is 4.26. The van der Waals surface area contributed by atoms with E-state index in [4.69, 9.17) is 23.2 Å². The van der Waals surface area contributed by atoms with Crippen LogP contribution in [0.2, 0.25) is 0 Å². The van der Waals surface area contributed by atoms with Crippen molar-refractivity contribution in [2.24, 2.45) is 0 Å². The smallest absolute Gasteiger partial charge is 0.107 e. The van der Waals surface area contributed by atoms with Gasteiger partial charge in [0.1, 0.15) is 10.7 Å². The molecule has 0 bridgehead atoms. The number of pyridine rings is 1. The third-order valence-corrected chi connectivity index (χ3v) is 3.67. The van der Waals surface area contributed by atoms with Crippen LogP contribution in [0.15, 0.2) is 45.7 Å². The normalized spacial score (nSPS) is 21.8. The first-order valence-electron chi connectivity index (χ1n) is 5.08. The molecule has 2 unspecified atom stereocenters. The molecule has 17 heavy (non-hydrogen) atoms. The molecule has 1 heterocycles. The monoisotopic (exact) mass is 333 g/mol. The van der Waals surface area contributed by atoms with Gasteiger partial charge >= 0.3 is 0 Å². The van der Waals surface area contributed by atoms with E-state index in [0.717, 1.165) is 4.60 Å². The van der Waals surface area contributed by atoms with Crippen molar-refractivity contribution in [3.05, 3.63) is 51.3 Å². The molecule has 0 saturated heterocycles. The fraction of sp³-hybridized carbons (Fsp3) is 0.250. The molecule has 1 aliphatic carbocycles. The van der Waals surface area contributed by atoms with E-state index in [1.165, 1.54) is 0 Å². The molecule has 5 heteroatoms. The number of nitrogens with zero attached hydrogens (tertiary/aromatic N) is 1. The zero-order chi connectivity index (χ0) is 12.4. The predicted molar refractivity (Wildman–Crippen MR) is 73.2 cm³/mol. The highest BCUT2D eigenvalue weighted by molar-refractivity contribution is 9.10. The molecule has 2 rings (SSSR count). The Morgan fingerprint density at radius 1 is 1.47 bits per heavy atom. The van der Waals surface area contributed by atoms with Gasteiger partial charge < -0.3 is 5.11 Å². The van der Waals surface area contributed by atoms with E-state index in [9.17, 15) is 5.11 Å². The molecular formula is C12H10BrCl2NO. The van der Waals surface area contributed by atoms with E-state index >= 15 is 0 Å². The number of aliphatic hydroxyl groups is 1. The van der Waals surface area contributed by atoms with Crippen molar-refractivity contribution >= 4 is 39.1 Å². The summed E-state index contributed by atoms with van der Waals surface area (Å²) >= 11 is 15.3. The van der Waals surface area contributed by atoms with Gasteiger partial charge in [0.15, 0.2) is 0 Å². The van der Waals surface area contributed by atoms with Gasteiger partial charge in [-0.2, -0.15) is 0 Å². The highest BCUT2D eigenvalue weighted by Gasteiger charge is 2.20. The highest BCUT2D eigenvalue weighted by atomic mass is 79.9. The number of aromatic nitrogens is 1. The Morgan fingerprint density at radius 2 is 2.24 bits per heavy atom. The predicted octanol–water partition coefficient (Wildman–Crippen LogP) is 3.94. The summed E-state index contributed by atoms with van der Waals surface area (Å²) in [6, 6.07) is 3.59. The van der Waals surface area contributed by atoms with E-state index in [1.807, 2.05) is 6.08 Å². The second-order valence-electron chi connectivity index (χ2n) is 3.76. The first kappa shape index (κ1) is 13.1. The maximum absolute atomic E-state index is 10.2. The molecule has 2 atom stereocenters. The minimum absolute atomic E-state index is 0.0958. The second-order valence-corrected chi connectivity index (χ2v) is 5.59. The average Bonchev–Trinajstić information content (AvgIpc) is 2.29. The zero-order valence-corrected chi connectivity index (χ0v) is 11.9. The van der Waals surface area contributed by atoms with Crippen LogP contribution >= 0.6 is 39.1 Å². The fourth-order valence-corrected chi connectivity index (χ4v) is 2.50. The van der Waals surface area contributed by atoms with Gasteiger partial charge in [0.05, 0.1) is 5.38 Å². The molecule has 0 aliphatic heterocycles. The molecule has 0 spiro atoms. The van der Waals surface area contributed by atoms with E-state index in [2.05, 4.69) is 20.9 Å². The largest absolute Gasteiger partial charge is 0.384 e. The minimum Gasteiger partial charge on any atom is -0.384 e. The molecule has 0 fully saturated rings. The summed E-state index contributed by atoms with van der Waals surface area (Å²) < 4.78 is 0.730. The van der Waals surface area contributed by atoms with Gasteiger partial charge in [-0.3, -0.25) is 0 Å². The van der Waals surface area contributed by atoms with Gasteiger partial charge in [0.25, 0.3) is 0 Å². The van der Waals surface area contributed by atoms with Crippen molar-refractivity contribution in [1.29, 1.82) is 0 Å². The molecule has 0 aromatic carbocycles. The number of hydrogen-bond acceptors (Lipinski definition) is 2. The number of halogens is 3. The van der Waals surface area contributed by atoms with Crippen LogP contribution in [0.3, 0.4) is 0 Å². The lowest BCUT2D eigenvalue weighted by Gasteiger charge is -2.19.